The summed E-state index contributed by atoms with van der Waals surface area (Å²) in [6.07, 6.45) is 3.31. The number of amides is 1. The van der Waals surface area contributed by atoms with Gasteiger partial charge >= 0.3 is 5.97 Å². The molecule has 5 nitrogen and oxygen atoms in total. The number of nitrogens with zero attached hydrogens (tertiary/aromatic N) is 1. The molecule has 0 fully saturated rings. The first-order valence-corrected chi connectivity index (χ1v) is 9.09. The maximum atomic E-state index is 12.5. The number of anilines is 1. The van der Waals surface area contributed by atoms with E-state index in [1.165, 1.54) is 4.90 Å². The SMILES string of the molecule is CCCCCC(=O)SCC(=O)N(CC(=O)O)c1c(C)cccc1C. The van der Waals surface area contributed by atoms with E-state index in [0.717, 1.165) is 42.2 Å². The van der Waals surface area contributed by atoms with Crippen LogP contribution in [0.2, 0.25) is 0 Å². The Labute approximate surface area is 147 Å². The molecule has 0 saturated heterocycles. The molecule has 1 rings (SSSR count). The fourth-order valence-corrected chi connectivity index (χ4v) is 3.20. The molecule has 0 saturated carbocycles. The summed E-state index contributed by atoms with van der Waals surface area (Å²) in [5.41, 5.74) is 2.29. The van der Waals surface area contributed by atoms with Gasteiger partial charge in [-0.25, -0.2) is 0 Å². The van der Waals surface area contributed by atoms with Crippen LogP contribution in [-0.4, -0.2) is 34.4 Å². The first-order chi connectivity index (χ1) is 11.4. The lowest BCUT2D eigenvalue weighted by molar-refractivity contribution is -0.136. The zero-order valence-corrected chi connectivity index (χ0v) is 15.3. The van der Waals surface area contributed by atoms with Crippen LogP contribution < -0.4 is 4.90 Å². The molecule has 0 aliphatic rings. The minimum Gasteiger partial charge on any atom is -0.480 e. The van der Waals surface area contributed by atoms with Gasteiger partial charge in [0.2, 0.25) is 5.91 Å². The number of para-hydroxylation sites is 1. The molecule has 0 aliphatic heterocycles. The Morgan fingerprint density at radius 1 is 1.12 bits per heavy atom. The van der Waals surface area contributed by atoms with Gasteiger partial charge in [-0.1, -0.05) is 49.7 Å². The number of hydrogen-bond acceptors (Lipinski definition) is 4. The zero-order chi connectivity index (χ0) is 18.1. The van der Waals surface area contributed by atoms with Crippen LogP contribution in [-0.2, 0) is 14.4 Å². The molecule has 1 amide bonds. The van der Waals surface area contributed by atoms with Crippen LogP contribution in [0.4, 0.5) is 5.69 Å². The molecular weight excluding hydrogens is 326 g/mol. The van der Waals surface area contributed by atoms with Crippen molar-refractivity contribution in [2.24, 2.45) is 0 Å². The van der Waals surface area contributed by atoms with Crippen molar-refractivity contribution in [1.82, 2.24) is 0 Å². The van der Waals surface area contributed by atoms with E-state index in [1.807, 2.05) is 32.0 Å². The largest absolute Gasteiger partial charge is 0.480 e. The van der Waals surface area contributed by atoms with Crippen LogP contribution in [0.25, 0.3) is 0 Å². The van der Waals surface area contributed by atoms with Gasteiger partial charge in [-0.3, -0.25) is 19.3 Å². The second-order valence-corrected chi connectivity index (χ2v) is 6.76. The number of carboxylic acids is 1. The first kappa shape index (κ1) is 20.2. The monoisotopic (exact) mass is 351 g/mol. The van der Waals surface area contributed by atoms with Gasteiger partial charge < -0.3 is 5.11 Å². The van der Waals surface area contributed by atoms with Crippen LogP contribution in [0.5, 0.6) is 0 Å². The Morgan fingerprint density at radius 2 is 1.75 bits per heavy atom. The summed E-state index contributed by atoms with van der Waals surface area (Å²) in [5, 5.41) is 9.11. The van der Waals surface area contributed by atoms with Crippen molar-refractivity contribution in [1.29, 1.82) is 0 Å². The molecule has 24 heavy (non-hydrogen) atoms. The minimum atomic E-state index is -1.08. The van der Waals surface area contributed by atoms with Crippen molar-refractivity contribution in [3.8, 4) is 0 Å². The maximum absolute atomic E-state index is 12.5. The second-order valence-electron chi connectivity index (χ2n) is 5.73. The van der Waals surface area contributed by atoms with Crippen molar-refractivity contribution in [3.05, 3.63) is 29.3 Å². The van der Waals surface area contributed by atoms with Crippen molar-refractivity contribution in [3.63, 3.8) is 0 Å². The number of thioether (sulfide) groups is 1. The number of hydrogen-bond donors (Lipinski definition) is 1. The molecular formula is C18H25NO4S. The Balaban J connectivity index is 2.80. The molecule has 1 N–H and O–H groups in total. The number of unbranched alkanes of at least 4 members (excludes halogenated alkanes) is 2. The summed E-state index contributed by atoms with van der Waals surface area (Å²) in [7, 11) is 0. The molecule has 132 valence electrons. The average molecular weight is 351 g/mol. The predicted octanol–water partition coefficient (Wildman–Crippen LogP) is 3.56. The van der Waals surface area contributed by atoms with Gasteiger partial charge in [0, 0.05) is 6.42 Å². The topological polar surface area (TPSA) is 74.7 Å². The lowest BCUT2D eigenvalue weighted by Crippen LogP contribution is -2.38. The number of carboxylic acid groups (broad SMARTS) is 1. The smallest absolute Gasteiger partial charge is 0.323 e. The third-order valence-corrected chi connectivity index (χ3v) is 4.56. The number of aliphatic carboxylic acids is 1. The molecule has 0 radical (unpaired) electrons. The van der Waals surface area contributed by atoms with Gasteiger partial charge in [0.05, 0.1) is 11.4 Å². The fraction of sp³-hybridized carbons (Fsp3) is 0.500. The number of benzene rings is 1. The summed E-state index contributed by atoms with van der Waals surface area (Å²) < 4.78 is 0. The van der Waals surface area contributed by atoms with Gasteiger partial charge in [0.1, 0.15) is 6.54 Å². The van der Waals surface area contributed by atoms with Crippen molar-refractivity contribution < 1.29 is 19.5 Å². The number of rotatable bonds is 9. The molecule has 0 aromatic heterocycles. The zero-order valence-electron chi connectivity index (χ0n) is 14.5. The first-order valence-electron chi connectivity index (χ1n) is 8.10. The molecule has 1 aromatic carbocycles. The van der Waals surface area contributed by atoms with E-state index in [2.05, 4.69) is 6.92 Å². The Hall–Kier alpha value is -1.82. The number of carbonyl (C=O) groups is 3. The summed E-state index contributed by atoms with van der Waals surface area (Å²) in [4.78, 5) is 36.7. The van der Waals surface area contributed by atoms with Crippen molar-refractivity contribution in [2.75, 3.05) is 17.2 Å². The van der Waals surface area contributed by atoms with Gasteiger partial charge in [-0.15, -0.1) is 0 Å². The van der Waals surface area contributed by atoms with E-state index in [-0.39, 0.29) is 16.8 Å². The summed E-state index contributed by atoms with van der Waals surface area (Å²) in [6, 6.07) is 5.55. The molecule has 6 heteroatoms. The van der Waals surface area contributed by atoms with E-state index < -0.39 is 12.5 Å². The van der Waals surface area contributed by atoms with Crippen molar-refractivity contribution >= 4 is 34.4 Å². The predicted molar refractivity (Wildman–Crippen MR) is 97.5 cm³/mol. The lowest BCUT2D eigenvalue weighted by atomic mass is 10.1. The third kappa shape index (κ3) is 6.35. The van der Waals surface area contributed by atoms with Crippen LogP contribution in [0.3, 0.4) is 0 Å². The minimum absolute atomic E-state index is 0.0198. The fourth-order valence-electron chi connectivity index (χ4n) is 2.47. The van der Waals surface area contributed by atoms with E-state index in [4.69, 9.17) is 5.11 Å². The normalized spacial score (nSPS) is 10.5. The quantitative estimate of drug-likeness (QED) is 0.689. The number of carbonyl (C=O) groups excluding carboxylic acids is 2. The maximum Gasteiger partial charge on any atom is 0.323 e. The molecule has 0 unspecified atom stereocenters. The number of aryl methyl sites for hydroxylation is 2. The van der Waals surface area contributed by atoms with Gasteiger partial charge in [-0.2, -0.15) is 0 Å². The Morgan fingerprint density at radius 3 is 2.29 bits per heavy atom. The lowest BCUT2D eigenvalue weighted by Gasteiger charge is -2.24. The van der Waals surface area contributed by atoms with Crippen molar-refractivity contribution in [2.45, 2.75) is 46.5 Å². The summed E-state index contributed by atoms with van der Waals surface area (Å²) in [6.45, 7) is 5.34. The highest BCUT2D eigenvalue weighted by Gasteiger charge is 2.22. The van der Waals surface area contributed by atoms with E-state index >= 15 is 0 Å². The highest BCUT2D eigenvalue weighted by atomic mass is 32.2. The third-order valence-electron chi connectivity index (χ3n) is 3.64. The van der Waals surface area contributed by atoms with Gasteiger partial charge in [-0.05, 0) is 31.4 Å². The van der Waals surface area contributed by atoms with Gasteiger partial charge in [0.25, 0.3) is 0 Å². The molecule has 0 atom stereocenters. The van der Waals surface area contributed by atoms with Crippen LogP contribution >= 0.6 is 11.8 Å². The average Bonchev–Trinajstić information content (AvgIpc) is 2.51. The van der Waals surface area contributed by atoms with E-state index in [9.17, 15) is 14.4 Å². The van der Waals surface area contributed by atoms with Crippen LogP contribution in [0, 0.1) is 13.8 Å². The van der Waals surface area contributed by atoms with Crippen LogP contribution in [0.1, 0.15) is 43.7 Å². The molecule has 0 heterocycles. The molecule has 0 bridgehead atoms. The molecule has 1 aromatic rings. The van der Waals surface area contributed by atoms with Gasteiger partial charge in [0.15, 0.2) is 5.12 Å². The van der Waals surface area contributed by atoms with E-state index in [0.29, 0.717) is 12.1 Å². The Bertz CT molecular complexity index is 580. The van der Waals surface area contributed by atoms with Crippen LogP contribution in [0.15, 0.2) is 18.2 Å². The Kier molecular flexibility index (Phi) is 8.54. The second kappa shape index (κ2) is 10.1. The summed E-state index contributed by atoms with van der Waals surface area (Å²) >= 11 is 0.974. The highest BCUT2D eigenvalue weighted by Crippen LogP contribution is 2.25. The summed E-state index contributed by atoms with van der Waals surface area (Å²) in [5.74, 6) is -1.47. The highest BCUT2D eigenvalue weighted by molar-refractivity contribution is 8.14. The molecule has 0 aliphatic carbocycles. The molecule has 0 spiro atoms. The standard InChI is InChI=1S/C18H25NO4S/c1-4-5-6-10-17(23)24-12-15(20)19(11-16(21)22)18-13(2)8-7-9-14(18)3/h7-9H,4-6,10-12H2,1-3H3,(H,21,22). The van der Waals surface area contributed by atoms with E-state index in [1.54, 1.807) is 0 Å².